The fourth-order valence-electron chi connectivity index (χ4n) is 6.42. The quantitative estimate of drug-likeness (QED) is 0.325. The van der Waals surface area contributed by atoms with Crippen molar-refractivity contribution in [2.75, 3.05) is 59.0 Å². The molecule has 5 atom stereocenters. The maximum absolute atomic E-state index is 12.9. The van der Waals surface area contributed by atoms with Crippen LogP contribution in [-0.2, 0) is 9.53 Å². The van der Waals surface area contributed by atoms with E-state index in [1.807, 2.05) is 0 Å². The van der Waals surface area contributed by atoms with E-state index in [1.165, 1.54) is 6.42 Å². The number of amides is 1. The zero-order chi connectivity index (χ0) is 22.2. The van der Waals surface area contributed by atoms with Gasteiger partial charge in [-0.3, -0.25) is 14.7 Å². The first-order chi connectivity index (χ1) is 14.8. The third-order valence-corrected chi connectivity index (χ3v) is 7.95. The topological polar surface area (TPSA) is 60.4 Å². The summed E-state index contributed by atoms with van der Waals surface area (Å²) < 4.78 is 5.96. The summed E-state index contributed by atoms with van der Waals surface area (Å²) in [5, 5.41) is 3.81. The summed E-state index contributed by atoms with van der Waals surface area (Å²) in [6, 6.07) is 0.424. The summed E-state index contributed by atoms with van der Waals surface area (Å²) in [6.07, 6.45) is 2.77. The summed E-state index contributed by atoms with van der Waals surface area (Å²) in [5.74, 6) is 3.17. The molecule has 0 bridgehead atoms. The van der Waals surface area contributed by atoms with Crippen LogP contribution >= 0.6 is 24.0 Å². The normalized spacial score (nSPS) is 35.0. The van der Waals surface area contributed by atoms with E-state index in [2.05, 4.69) is 54.6 Å². The van der Waals surface area contributed by atoms with E-state index in [1.54, 1.807) is 0 Å². The molecule has 4 fully saturated rings. The molecule has 1 amide bonds. The summed E-state index contributed by atoms with van der Waals surface area (Å²) >= 11 is 0. The minimum Gasteiger partial charge on any atom is -0.377 e. The van der Waals surface area contributed by atoms with Gasteiger partial charge in [0, 0.05) is 69.8 Å². The molecule has 0 radical (unpaired) electrons. The maximum atomic E-state index is 12.9. The van der Waals surface area contributed by atoms with Crippen molar-refractivity contribution in [1.29, 1.82) is 0 Å². The number of rotatable bonds is 4. The summed E-state index contributed by atoms with van der Waals surface area (Å²) in [6.45, 7) is 19.0. The lowest BCUT2D eigenvalue weighted by atomic mass is 9.57. The molecule has 5 unspecified atom stereocenters. The van der Waals surface area contributed by atoms with Crippen LogP contribution < -0.4 is 5.32 Å². The number of piperazine rings is 1. The molecular weight excluding hydrogens is 517 g/mol. The standard InChI is InChI=1S/C24H43N5O2.HI/c1-6-25-23(26-21-19-7-12-31-22(19)24(21,4)5)28-10-8-27(9-11-28)16-20(30)29-14-17(2)13-18(3)15-29;/h17-19,21-22H,6-16H2,1-5H3,(H,25,26);1H. The number of halogens is 1. The Balaban J connectivity index is 0.00000289. The van der Waals surface area contributed by atoms with Crippen LogP contribution in [0.4, 0.5) is 0 Å². The summed E-state index contributed by atoms with van der Waals surface area (Å²) in [4.78, 5) is 24.5. The number of aliphatic imine (C=N–C) groups is 1. The first-order valence-corrected chi connectivity index (χ1v) is 12.5. The van der Waals surface area contributed by atoms with Crippen LogP contribution in [0, 0.1) is 23.2 Å². The van der Waals surface area contributed by atoms with Gasteiger partial charge in [-0.2, -0.15) is 0 Å². The molecule has 0 aromatic heterocycles. The molecule has 4 aliphatic rings. The summed E-state index contributed by atoms with van der Waals surface area (Å²) in [7, 11) is 0. The smallest absolute Gasteiger partial charge is 0.236 e. The van der Waals surface area contributed by atoms with Gasteiger partial charge in [-0.1, -0.05) is 27.7 Å². The molecular formula is C24H44IN5O2. The Kier molecular flexibility index (Phi) is 8.74. The second kappa shape index (κ2) is 10.8. The second-order valence-electron chi connectivity index (χ2n) is 11.0. The lowest BCUT2D eigenvalue weighted by molar-refractivity contribution is -0.135. The van der Waals surface area contributed by atoms with E-state index >= 15 is 0 Å². The van der Waals surface area contributed by atoms with E-state index < -0.39 is 0 Å². The third-order valence-electron chi connectivity index (χ3n) is 7.95. The molecule has 0 spiro atoms. The molecule has 32 heavy (non-hydrogen) atoms. The lowest BCUT2D eigenvalue weighted by Gasteiger charge is -2.55. The lowest BCUT2D eigenvalue weighted by Crippen LogP contribution is -2.68. The van der Waals surface area contributed by atoms with Crippen LogP contribution in [-0.4, -0.2) is 97.7 Å². The zero-order valence-corrected chi connectivity index (χ0v) is 23.0. The average Bonchev–Trinajstić information content (AvgIpc) is 3.18. The molecule has 4 rings (SSSR count). The van der Waals surface area contributed by atoms with Gasteiger partial charge in [-0.15, -0.1) is 24.0 Å². The third kappa shape index (κ3) is 5.37. The van der Waals surface area contributed by atoms with Crippen LogP contribution in [0.1, 0.15) is 47.5 Å². The number of likely N-dealkylation sites (tertiary alicyclic amines) is 1. The highest BCUT2D eigenvalue weighted by Crippen LogP contribution is 2.52. The number of ether oxygens (including phenoxy) is 1. The fraction of sp³-hybridized carbons (Fsp3) is 0.917. The van der Waals surface area contributed by atoms with E-state index in [-0.39, 0.29) is 29.4 Å². The van der Waals surface area contributed by atoms with Crippen molar-refractivity contribution in [2.45, 2.75) is 59.6 Å². The Morgan fingerprint density at radius 1 is 1.09 bits per heavy atom. The monoisotopic (exact) mass is 561 g/mol. The van der Waals surface area contributed by atoms with Gasteiger partial charge in [0.25, 0.3) is 0 Å². The molecule has 0 aromatic rings. The van der Waals surface area contributed by atoms with Gasteiger partial charge in [0.15, 0.2) is 5.96 Å². The molecule has 3 aliphatic heterocycles. The fourth-order valence-corrected chi connectivity index (χ4v) is 6.42. The van der Waals surface area contributed by atoms with Gasteiger partial charge in [0.2, 0.25) is 5.91 Å². The number of hydrogen-bond donors (Lipinski definition) is 1. The van der Waals surface area contributed by atoms with Gasteiger partial charge >= 0.3 is 0 Å². The summed E-state index contributed by atoms with van der Waals surface area (Å²) in [5.41, 5.74) is 0.145. The van der Waals surface area contributed by atoms with Crippen LogP contribution in [0.15, 0.2) is 4.99 Å². The van der Waals surface area contributed by atoms with Crippen LogP contribution in [0.25, 0.3) is 0 Å². The minimum absolute atomic E-state index is 0. The zero-order valence-electron chi connectivity index (χ0n) is 20.7. The average molecular weight is 562 g/mol. The molecule has 7 nitrogen and oxygen atoms in total. The molecule has 8 heteroatoms. The number of nitrogens with one attached hydrogen (secondary N) is 1. The molecule has 0 aromatic carbocycles. The van der Waals surface area contributed by atoms with Crippen molar-refractivity contribution >= 4 is 35.8 Å². The molecule has 1 saturated carbocycles. The highest BCUT2D eigenvalue weighted by Gasteiger charge is 2.59. The highest BCUT2D eigenvalue weighted by atomic mass is 127. The van der Waals surface area contributed by atoms with Crippen molar-refractivity contribution in [3.05, 3.63) is 0 Å². The van der Waals surface area contributed by atoms with E-state index in [0.717, 1.165) is 64.8 Å². The number of nitrogens with zero attached hydrogens (tertiary/aromatic N) is 4. The molecule has 1 aliphatic carbocycles. The van der Waals surface area contributed by atoms with Crippen molar-refractivity contribution in [3.8, 4) is 0 Å². The van der Waals surface area contributed by atoms with E-state index in [0.29, 0.717) is 42.4 Å². The van der Waals surface area contributed by atoms with Gasteiger partial charge in [-0.05, 0) is 31.6 Å². The number of fused-ring (bicyclic) bond motifs is 1. The number of hydrogen-bond acceptors (Lipinski definition) is 4. The van der Waals surface area contributed by atoms with E-state index in [9.17, 15) is 4.79 Å². The molecule has 3 heterocycles. The predicted octanol–water partition coefficient (Wildman–Crippen LogP) is 2.51. The number of guanidine groups is 1. The first kappa shape index (κ1) is 26.0. The Morgan fingerprint density at radius 3 is 2.38 bits per heavy atom. The Bertz CT molecular complexity index is 669. The second-order valence-corrected chi connectivity index (χ2v) is 11.0. The van der Waals surface area contributed by atoms with Crippen molar-refractivity contribution < 1.29 is 9.53 Å². The van der Waals surface area contributed by atoms with Crippen molar-refractivity contribution in [3.63, 3.8) is 0 Å². The first-order valence-electron chi connectivity index (χ1n) is 12.5. The Labute approximate surface area is 211 Å². The largest absolute Gasteiger partial charge is 0.377 e. The number of carbonyl (C=O) groups excluding carboxylic acids is 1. The number of piperidine rings is 1. The number of carbonyl (C=O) groups is 1. The van der Waals surface area contributed by atoms with Crippen molar-refractivity contribution in [2.24, 2.45) is 28.2 Å². The maximum Gasteiger partial charge on any atom is 0.236 e. The van der Waals surface area contributed by atoms with E-state index in [4.69, 9.17) is 9.73 Å². The SMILES string of the molecule is CCN=C(NC1C2CCOC2C1(C)C)N1CCN(CC(=O)N2CC(C)CC(C)C2)CC1.I. The highest BCUT2D eigenvalue weighted by molar-refractivity contribution is 14.0. The molecule has 1 N–H and O–H groups in total. The van der Waals surface area contributed by atoms with Crippen LogP contribution in [0.5, 0.6) is 0 Å². The van der Waals surface area contributed by atoms with Gasteiger partial charge in [0.1, 0.15) is 0 Å². The predicted molar refractivity (Wildman–Crippen MR) is 139 cm³/mol. The van der Waals surface area contributed by atoms with Gasteiger partial charge in [0.05, 0.1) is 12.6 Å². The van der Waals surface area contributed by atoms with Crippen molar-refractivity contribution in [1.82, 2.24) is 20.0 Å². The van der Waals surface area contributed by atoms with Gasteiger partial charge in [-0.25, -0.2) is 0 Å². The van der Waals surface area contributed by atoms with Gasteiger partial charge < -0.3 is 19.9 Å². The Hall–Kier alpha value is -0.610. The van der Waals surface area contributed by atoms with Crippen LogP contribution in [0.3, 0.4) is 0 Å². The Morgan fingerprint density at radius 2 is 1.75 bits per heavy atom. The molecule has 184 valence electrons. The van der Waals surface area contributed by atoms with Crippen LogP contribution in [0.2, 0.25) is 0 Å². The minimum atomic E-state index is 0. The molecule has 3 saturated heterocycles.